The van der Waals surface area contributed by atoms with Crippen molar-refractivity contribution in [2.45, 2.75) is 56.5 Å². The van der Waals surface area contributed by atoms with Crippen molar-refractivity contribution in [2.24, 2.45) is 5.73 Å². The summed E-state index contributed by atoms with van der Waals surface area (Å²) >= 11 is 0. The average Bonchev–Trinajstić information content (AvgIpc) is 3.13. The lowest BCUT2D eigenvalue weighted by Crippen LogP contribution is -2.58. The molecule has 1 aliphatic heterocycles. The largest absolute Gasteiger partial charge is 0.481 e. The summed E-state index contributed by atoms with van der Waals surface area (Å²) in [4.78, 5) is 60.0. The molecule has 0 spiro atoms. The minimum Gasteiger partial charge on any atom is -0.481 e. The van der Waals surface area contributed by atoms with Gasteiger partial charge in [-0.2, -0.15) is 0 Å². The topological polar surface area (TPSA) is 220 Å². The third-order valence-electron chi connectivity index (χ3n) is 4.45. The standard InChI is InChI=1S/C16H26N4O9/c1-7(22)12(17)14(26)19-9(6-21)15(27)20-4-2-3-10(20)13(25)18-8(16(28)29)5-11(23)24/h7-10,12,21-22H,2-6,17H2,1H3,(H,18,25)(H,19,26)(H,23,24)(H,28,29)/t7-,8+,9+,10+,12+/m1/s1. The van der Waals surface area contributed by atoms with Gasteiger partial charge in [-0.3, -0.25) is 19.2 Å². The van der Waals surface area contributed by atoms with E-state index < -0.39 is 73.0 Å². The van der Waals surface area contributed by atoms with Crippen LogP contribution >= 0.6 is 0 Å². The van der Waals surface area contributed by atoms with Crippen LogP contribution in [0.5, 0.6) is 0 Å². The second-order valence-electron chi connectivity index (χ2n) is 6.70. The van der Waals surface area contributed by atoms with E-state index in [2.05, 4.69) is 10.6 Å². The maximum Gasteiger partial charge on any atom is 0.326 e. The summed E-state index contributed by atoms with van der Waals surface area (Å²) in [7, 11) is 0. The summed E-state index contributed by atoms with van der Waals surface area (Å²) in [5, 5.41) is 40.9. The smallest absolute Gasteiger partial charge is 0.326 e. The molecule has 0 aromatic carbocycles. The van der Waals surface area contributed by atoms with Crippen LogP contribution in [0.3, 0.4) is 0 Å². The molecule has 0 unspecified atom stereocenters. The minimum atomic E-state index is -1.67. The molecule has 8 N–H and O–H groups in total. The normalized spacial score (nSPS) is 20.3. The molecule has 3 amide bonds. The molecule has 0 saturated carbocycles. The molecule has 1 aliphatic rings. The van der Waals surface area contributed by atoms with Crippen molar-refractivity contribution in [1.29, 1.82) is 0 Å². The van der Waals surface area contributed by atoms with E-state index in [1.807, 2.05) is 0 Å². The van der Waals surface area contributed by atoms with Crippen LogP contribution in [0.4, 0.5) is 0 Å². The lowest BCUT2D eigenvalue weighted by atomic mass is 10.1. The summed E-state index contributed by atoms with van der Waals surface area (Å²) in [6.45, 7) is 0.595. The zero-order chi connectivity index (χ0) is 22.3. The Morgan fingerprint density at radius 2 is 1.76 bits per heavy atom. The van der Waals surface area contributed by atoms with Crippen molar-refractivity contribution in [3.8, 4) is 0 Å². The number of carbonyl (C=O) groups is 5. The second-order valence-corrected chi connectivity index (χ2v) is 6.70. The van der Waals surface area contributed by atoms with E-state index in [4.69, 9.17) is 15.9 Å². The first-order valence-corrected chi connectivity index (χ1v) is 8.89. The Morgan fingerprint density at radius 3 is 2.24 bits per heavy atom. The van der Waals surface area contributed by atoms with Gasteiger partial charge in [-0.15, -0.1) is 0 Å². The number of nitrogens with one attached hydrogen (secondary N) is 2. The number of nitrogens with two attached hydrogens (primary N) is 1. The molecule has 0 aliphatic carbocycles. The summed E-state index contributed by atoms with van der Waals surface area (Å²) in [5.74, 6) is -5.48. The maximum atomic E-state index is 12.7. The molecular formula is C16H26N4O9. The number of aliphatic hydroxyl groups is 2. The zero-order valence-electron chi connectivity index (χ0n) is 15.8. The number of carboxylic acids is 2. The fraction of sp³-hybridized carbons (Fsp3) is 0.688. The zero-order valence-corrected chi connectivity index (χ0v) is 15.8. The van der Waals surface area contributed by atoms with Crippen molar-refractivity contribution >= 4 is 29.7 Å². The Bertz CT molecular complexity index is 654. The first-order chi connectivity index (χ1) is 13.5. The van der Waals surface area contributed by atoms with Gasteiger partial charge in [0.05, 0.1) is 19.1 Å². The van der Waals surface area contributed by atoms with E-state index in [0.29, 0.717) is 6.42 Å². The molecule has 0 aromatic rings. The quantitative estimate of drug-likeness (QED) is 0.183. The molecule has 164 valence electrons. The van der Waals surface area contributed by atoms with Crippen molar-refractivity contribution in [1.82, 2.24) is 15.5 Å². The third-order valence-corrected chi connectivity index (χ3v) is 4.45. The fourth-order valence-electron chi connectivity index (χ4n) is 2.82. The van der Waals surface area contributed by atoms with Gasteiger partial charge >= 0.3 is 11.9 Å². The van der Waals surface area contributed by atoms with Crippen LogP contribution < -0.4 is 16.4 Å². The summed E-state index contributed by atoms with van der Waals surface area (Å²) in [6.07, 6.45) is -1.44. The molecule has 0 aromatic heterocycles. The van der Waals surface area contributed by atoms with Gasteiger partial charge < -0.3 is 41.7 Å². The monoisotopic (exact) mass is 418 g/mol. The highest BCUT2D eigenvalue weighted by Crippen LogP contribution is 2.19. The Balaban J connectivity index is 2.86. The number of hydrogen-bond acceptors (Lipinski definition) is 8. The van der Waals surface area contributed by atoms with Crippen molar-refractivity contribution < 1.29 is 44.4 Å². The van der Waals surface area contributed by atoms with E-state index >= 15 is 0 Å². The number of nitrogens with zero attached hydrogens (tertiary/aromatic N) is 1. The maximum absolute atomic E-state index is 12.7. The van der Waals surface area contributed by atoms with E-state index in [1.165, 1.54) is 6.92 Å². The van der Waals surface area contributed by atoms with Gasteiger partial charge in [-0.25, -0.2) is 4.79 Å². The molecule has 1 saturated heterocycles. The van der Waals surface area contributed by atoms with Crippen LogP contribution in [-0.2, 0) is 24.0 Å². The highest BCUT2D eigenvalue weighted by molar-refractivity contribution is 5.95. The SMILES string of the molecule is C[C@@H](O)[C@H](N)C(=O)N[C@@H](CO)C(=O)N1CCC[C@H]1C(=O)N[C@@H](CC(=O)O)C(=O)O. The number of carbonyl (C=O) groups excluding carboxylic acids is 3. The fourth-order valence-corrected chi connectivity index (χ4v) is 2.82. The highest BCUT2D eigenvalue weighted by Gasteiger charge is 2.39. The van der Waals surface area contributed by atoms with E-state index in [0.717, 1.165) is 4.90 Å². The van der Waals surface area contributed by atoms with Gasteiger partial charge in [0.25, 0.3) is 0 Å². The first kappa shape index (κ1) is 24.3. The van der Waals surface area contributed by atoms with Gasteiger partial charge in [-0.1, -0.05) is 0 Å². The number of likely N-dealkylation sites (tertiary alicyclic amines) is 1. The van der Waals surface area contributed by atoms with Gasteiger partial charge in [0, 0.05) is 6.54 Å². The molecule has 1 rings (SSSR count). The summed E-state index contributed by atoms with van der Waals surface area (Å²) in [6, 6.07) is -5.51. The van der Waals surface area contributed by atoms with Gasteiger partial charge in [0.15, 0.2) is 0 Å². The van der Waals surface area contributed by atoms with Crippen LogP contribution in [0.15, 0.2) is 0 Å². The van der Waals surface area contributed by atoms with Crippen LogP contribution in [-0.4, -0.2) is 98.4 Å². The summed E-state index contributed by atoms with van der Waals surface area (Å²) in [5.41, 5.74) is 5.48. The Hall–Kier alpha value is -2.77. The van der Waals surface area contributed by atoms with Gasteiger partial charge in [0.2, 0.25) is 17.7 Å². The van der Waals surface area contributed by atoms with Crippen LogP contribution in [0.2, 0.25) is 0 Å². The molecular weight excluding hydrogens is 392 g/mol. The number of amides is 3. The van der Waals surface area contributed by atoms with E-state index in [1.54, 1.807) is 0 Å². The summed E-state index contributed by atoms with van der Waals surface area (Å²) < 4.78 is 0. The average molecular weight is 418 g/mol. The van der Waals surface area contributed by atoms with Gasteiger partial charge in [-0.05, 0) is 19.8 Å². The molecule has 0 radical (unpaired) electrons. The Labute approximate surface area is 165 Å². The molecule has 13 nitrogen and oxygen atoms in total. The van der Waals surface area contributed by atoms with Crippen molar-refractivity contribution in [3.05, 3.63) is 0 Å². The highest BCUT2D eigenvalue weighted by atomic mass is 16.4. The Morgan fingerprint density at radius 1 is 1.14 bits per heavy atom. The van der Waals surface area contributed by atoms with Crippen molar-refractivity contribution in [2.75, 3.05) is 13.2 Å². The molecule has 1 heterocycles. The second kappa shape index (κ2) is 10.7. The number of carboxylic acid groups (broad SMARTS) is 2. The number of hydrogen-bond donors (Lipinski definition) is 7. The predicted molar refractivity (Wildman–Crippen MR) is 95.2 cm³/mol. The van der Waals surface area contributed by atoms with Crippen LogP contribution in [0, 0.1) is 0 Å². The molecule has 29 heavy (non-hydrogen) atoms. The first-order valence-electron chi connectivity index (χ1n) is 8.89. The van der Waals surface area contributed by atoms with Crippen molar-refractivity contribution in [3.63, 3.8) is 0 Å². The molecule has 1 fully saturated rings. The van der Waals surface area contributed by atoms with Crippen LogP contribution in [0.1, 0.15) is 26.2 Å². The number of aliphatic carboxylic acids is 2. The van der Waals surface area contributed by atoms with Crippen LogP contribution in [0.25, 0.3) is 0 Å². The molecule has 0 bridgehead atoms. The van der Waals surface area contributed by atoms with Gasteiger partial charge in [0.1, 0.15) is 24.2 Å². The lowest BCUT2D eigenvalue weighted by Gasteiger charge is -2.29. The molecule has 13 heteroatoms. The third kappa shape index (κ3) is 6.66. The lowest BCUT2D eigenvalue weighted by molar-refractivity contribution is -0.148. The predicted octanol–water partition coefficient (Wildman–Crippen LogP) is -3.79. The number of rotatable bonds is 10. The van der Waals surface area contributed by atoms with E-state index in [-0.39, 0.29) is 13.0 Å². The number of aliphatic hydroxyl groups excluding tert-OH is 2. The Kier molecular flexibility index (Phi) is 8.94. The minimum absolute atomic E-state index is 0.114. The molecule has 5 atom stereocenters. The van der Waals surface area contributed by atoms with E-state index in [9.17, 15) is 34.2 Å².